The molecule has 1 amide bonds. The first-order valence-corrected chi connectivity index (χ1v) is 12.7. The van der Waals surface area contributed by atoms with Crippen LogP contribution in [0, 0.1) is 36.9 Å². The number of hydrogen-bond donors (Lipinski definition) is 1. The Balaban J connectivity index is 1.27. The molecule has 0 spiro atoms. The van der Waals surface area contributed by atoms with Gasteiger partial charge in [-0.15, -0.1) is 5.10 Å². The van der Waals surface area contributed by atoms with Gasteiger partial charge in [-0.25, -0.2) is 14.1 Å². The third-order valence-corrected chi connectivity index (χ3v) is 8.69. The fourth-order valence-corrected chi connectivity index (χ4v) is 7.52. The number of nitrogens with zero attached hydrogens (tertiary/aromatic N) is 5. The van der Waals surface area contributed by atoms with Gasteiger partial charge < -0.3 is 5.32 Å². The number of carbonyl (C=O) groups is 1. The van der Waals surface area contributed by atoms with Crippen LogP contribution in [0.15, 0.2) is 35.3 Å². The lowest BCUT2D eigenvalue weighted by atomic mass is 9.46. The van der Waals surface area contributed by atoms with Crippen LogP contribution in [0.3, 0.4) is 0 Å². The minimum absolute atomic E-state index is 0.109. The van der Waals surface area contributed by atoms with Gasteiger partial charge in [-0.05, 0) is 97.8 Å². The molecule has 2 heterocycles. The number of halogens is 2. The topological polar surface area (TPSA) is 77.6 Å². The molecule has 178 valence electrons. The normalized spacial score (nSPS) is 29.5. The Hall–Kier alpha value is -2.55. The molecule has 7 rings (SSSR count). The SMILES string of the molecule is Cc1nn(Cc2ccc(F)cc2)c(C)c1NC(=O)C12CC3CC(C1)CC(n1cnc(Br)n1)(C3)C2. The summed E-state index contributed by atoms with van der Waals surface area (Å²) in [5.74, 6) is 0.936. The molecular formula is C25H28BrFN6O. The molecule has 7 nitrogen and oxygen atoms in total. The Morgan fingerprint density at radius 1 is 1.15 bits per heavy atom. The Kier molecular flexibility index (Phi) is 4.99. The molecule has 2 aromatic heterocycles. The first-order chi connectivity index (χ1) is 16.3. The van der Waals surface area contributed by atoms with Crippen molar-refractivity contribution in [1.29, 1.82) is 0 Å². The van der Waals surface area contributed by atoms with Gasteiger partial charge in [0.2, 0.25) is 10.6 Å². The zero-order chi connectivity index (χ0) is 23.7. The minimum atomic E-state index is -0.388. The molecule has 2 atom stereocenters. The molecule has 4 bridgehead atoms. The summed E-state index contributed by atoms with van der Waals surface area (Å²) >= 11 is 3.39. The molecule has 1 aromatic carbocycles. The van der Waals surface area contributed by atoms with E-state index >= 15 is 0 Å². The van der Waals surface area contributed by atoms with E-state index in [2.05, 4.69) is 36.4 Å². The molecule has 4 saturated carbocycles. The molecular weight excluding hydrogens is 499 g/mol. The van der Waals surface area contributed by atoms with E-state index in [-0.39, 0.29) is 22.7 Å². The summed E-state index contributed by atoms with van der Waals surface area (Å²) in [6.45, 7) is 4.44. The molecule has 1 N–H and O–H groups in total. The van der Waals surface area contributed by atoms with Crippen LogP contribution in [0.4, 0.5) is 10.1 Å². The van der Waals surface area contributed by atoms with Gasteiger partial charge in [0, 0.05) is 0 Å². The molecule has 4 aliphatic rings. The maximum absolute atomic E-state index is 13.9. The van der Waals surface area contributed by atoms with Crippen LogP contribution >= 0.6 is 15.9 Å². The van der Waals surface area contributed by atoms with E-state index in [1.165, 1.54) is 18.6 Å². The van der Waals surface area contributed by atoms with E-state index in [0.29, 0.717) is 23.1 Å². The second kappa shape index (κ2) is 7.73. The predicted molar refractivity (Wildman–Crippen MR) is 129 cm³/mol. The number of hydrogen-bond acceptors (Lipinski definition) is 4. The Morgan fingerprint density at radius 2 is 1.85 bits per heavy atom. The van der Waals surface area contributed by atoms with Crippen molar-refractivity contribution in [2.45, 2.75) is 64.5 Å². The first-order valence-electron chi connectivity index (χ1n) is 11.9. The second-order valence-electron chi connectivity index (χ2n) is 10.7. The van der Waals surface area contributed by atoms with Gasteiger partial charge in [-0.1, -0.05) is 12.1 Å². The van der Waals surface area contributed by atoms with Crippen molar-refractivity contribution < 1.29 is 9.18 Å². The largest absolute Gasteiger partial charge is 0.322 e. The fourth-order valence-electron chi connectivity index (χ4n) is 7.26. The number of aryl methyl sites for hydroxylation is 1. The standard InChI is InChI=1S/C25H28BrFN6O/c1-15-21(16(2)32(30-15)12-17-3-5-20(27)6-4-17)29-22(34)24-8-18-7-19(9-24)11-25(10-18,13-24)33-14-28-23(26)31-33/h3-6,14,18-19H,7-13H2,1-2H3,(H,29,34). The smallest absolute Gasteiger partial charge is 0.230 e. The highest BCUT2D eigenvalue weighted by molar-refractivity contribution is 9.10. The van der Waals surface area contributed by atoms with E-state index in [1.54, 1.807) is 12.1 Å². The number of nitrogens with one attached hydrogen (secondary N) is 1. The van der Waals surface area contributed by atoms with Gasteiger partial charge in [0.15, 0.2) is 0 Å². The molecule has 0 saturated heterocycles. The van der Waals surface area contributed by atoms with E-state index < -0.39 is 0 Å². The Bertz CT molecular complexity index is 1250. The van der Waals surface area contributed by atoms with Crippen molar-refractivity contribution in [3.63, 3.8) is 0 Å². The summed E-state index contributed by atoms with van der Waals surface area (Å²) in [6, 6.07) is 6.45. The van der Waals surface area contributed by atoms with Crippen LogP contribution in [0.1, 0.15) is 55.5 Å². The fraction of sp³-hybridized carbons (Fsp3) is 0.520. The Labute approximate surface area is 206 Å². The number of rotatable bonds is 5. The van der Waals surface area contributed by atoms with Crippen LogP contribution in [0.2, 0.25) is 0 Å². The number of amides is 1. The number of benzene rings is 1. The van der Waals surface area contributed by atoms with E-state index in [9.17, 15) is 9.18 Å². The highest BCUT2D eigenvalue weighted by Crippen LogP contribution is 2.64. The van der Waals surface area contributed by atoms with Crippen LogP contribution < -0.4 is 5.32 Å². The summed E-state index contributed by atoms with van der Waals surface area (Å²) in [5, 5.41) is 12.6. The van der Waals surface area contributed by atoms with E-state index in [4.69, 9.17) is 0 Å². The molecule has 9 heteroatoms. The molecule has 4 fully saturated rings. The summed E-state index contributed by atoms with van der Waals surface area (Å²) in [5.41, 5.74) is 2.95. The predicted octanol–water partition coefficient (Wildman–Crippen LogP) is 4.98. The van der Waals surface area contributed by atoms with Gasteiger partial charge in [0.05, 0.1) is 34.6 Å². The van der Waals surface area contributed by atoms with Gasteiger partial charge in [0.25, 0.3) is 0 Å². The Morgan fingerprint density at radius 3 is 2.50 bits per heavy atom. The zero-order valence-corrected chi connectivity index (χ0v) is 21.0. The first kappa shape index (κ1) is 21.9. The van der Waals surface area contributed by atoms with E-state index in [0.717, 1.165) is 54.7 Å². The van der Waals surface area contributed by atoms with Crippen molar-refractivity contribution in [2.75, 3.05) is 5.32 Å². The van der Waals surface area contributed by atoms with Crippen LogP contribution in [0.5, 0.6) is 0 Å². The highest BCUT2D eigenvalue weighted by Gasteiger charge is 2.61. The monoisotopic (exact) mass is 526 g/mol. The van der Waals surface area contributed by atoms with Crippen molar-refractivity contribution >= 4 is 27.5 Å². The van der Waals surface area contributed by atoms with Gasteiger partial charge >= 0.3 is 0 Å². The van der Waals surface area contributed by atoms with Gasteiger partial charge in [-0.3, -0.25) is 9.48 Å². The third-order valence-electron chi connectivity index (χ3n) is 8.33. The maximum atomic E-state index is 13.9. The van der Waals surface area contributed by atoms with Crippen molar-refractivity contribution in [3.8, 4) is 0 Å². The number of anilines is 1. The van der Waals surface area contributed by atoms with Crippen molar-refractivity contribution in [3.05, 3.63) is 58.1 Å². The van der Waals surface area contributed by atoms with E-state index in [1.807, 2.05) is 29.5 Å². The quantitative estimate of drug-likeness (QED) is 0.508. The molecule has 4 aliphatic carbocycles. The minimum Gasteiger partial charge on any atom is -0.322 e. The van der Waals surface area contributed by atoms with Crippen molar-refractivity contribution in [1.82, 2.24) is 24.5 Å². The molecule has 0 radical (unpaired) electrons. The average Bonchev–Trinajstić information content (AvgIpc) is 3.34. The van der Waals surface area contributed by atoms with Gasteiger partial charge in [0.1, 0.15) is 12.1 Å². The lowest BCUT2D eigenvalue weighted by Gasteiger charge is -2.60. The molecule has 0 aliphatic heterocycles. The van der Waals surface area contributed by atoms with Gasteiger partial charge in [-0.2, -0.15) is 5.10 Å². The molecule has 34 heavy (non-hydrogen) atoms. The van der Waals surface area contributed by atoms with Crippen LogP contribution in [-0.4, -0.2) is 30.5 Å². The lowest BCUT2D eigenvalue weighted by molar-refractivity contribution is -0.150. The summed E-state index contributed by atoms with van der Waals surface area (Å²) in [6.07, 6.45) is 7.85. The average molecular weight is 527 g/mol. The molecule has 3 aromatic rings. The third kappa shape index (κ3) is 3.51. The van der Waals surface area contributed by atoms with Crippen molar-refractivity contribution in [2.24, 2.45) is 17.3 Å². The highest BCUT2D eigenvalue weighted by atomic mass is 79.9. The number of carbonyl (C=O) groups excluding carboxylic acids is 1. The molecule has 2 unspecified atom stereocenters. The van der Waals surface area contributed by atoms with Crippen LogP contribution in [-0.2, 0) is 16.9 Å². The maximum Gasteiger partial charge on any atom is 0.230 e. The lowest BCUT2D eigenvalue weighted by Crippen LogP contribution is -2.60. The van der Waals surface area contributed by atoms with Crippen LogP contribution in [0.25, 0.3) is 0 Å². The zero-order valence-electron chi connectivity index (χ0n) is 19.4. The number of aromatic nitrogens is 5. The summed E-state index contributed by atoms with van der Waals surface area (Å²) in [4.78, 5) is 18.2. The summed E-state index contributed by atoms with van der Waals surface area (Å²) in [7, 11) is 0. The summed E-state index contributed by atoms with van der Waals surface area (Å²) < 4.78 is 17.8. The second-order valence-corrected chi connectivity index (χ2v) is 11.4.